The highest BCUT2D eigenvalue weighted by molar-refractivity contribution is 5.89. The van der Waals surface area contributed by atoms with E-state index < -0.39 is 0 Å². The zero-order chi connectivity index (χ0) is 19.3. The van der Waals surface area contributed by atoms with Crippen LogP contribution < -0.4 is 10.9 Å². The summed E-state index contributed by atoms with van der Waals surface area (Å²) in [5.41, 5.74) is 1.34. The number of para-hydroxylation sites is 1. The fourth-order valence-electron chi connectivity index (χ4n) is 2.88. The molecule has 0 aliphatic heterocycles. The minimum atomic E-state index is -0.339. The van der Waals surface area contributed by atoms with Crippen molar-refractivity contribution in [2.45, 2.75) is 19.5 Å². The lowest BCUT2D eigenvalue weighted by molar-refractivity contribution is -0.116. The molecular weight excluding hydrogens is 356 g/mol. The van der Waals surface area contributed by atoms with E-state index in [4.69, 9.17) is 0 Å². The molecule has 8 heteroatoms. The van der Waals surface area contributed by atoms with Crippen LogP contribution >= 0.6 is 0 Å². The van der Waals surface area contributed by atoms with E-state index in [2.05, 4.69) is 20.4 Å². The highest BCUT2D eigenvalue weighted by atomic mass is 16.2. The number of nitrogens with one attached hydrogen (secondary N) is 1. The van der Waals surface area contributed by atoms with Gasteiger partial charge in [-0.15, -0.1) is 0 Å². The van der Waals surface area contributed by atoms with Crippen LogP contribution in [0.3, 0.4) is 0 Å². The normalized spacial score (nSPS) is 10.9. The maximum absolute atomic E-state index is 12.5. The quantitative estimate of drug-likeness (QED) is 0.556. The number of nitrogens with zero attached hydrogens (tertiary/aromatic N) is 5. The first-order valence-corrected chi connectivity index (χ1v) is 8.86. The van der Waals surface area contributed by atoms with Crippen molar-refractivity contribution in [3.05, 3.63) is 83.3 Å². The highest BCUT2D eigenvalue weighted by Gasteiger charge is 2.09. The molecule has 0 aliphatic rings. The van der Waals surface area contributed by atoms with Crippen LogP contribution in [0.15, 0.2) is 72.0 Å². The number of amides is 1. The maximum Gasteiger partial charge on any atom is 0.261 e. The van der Waals surface area contributed by atoms with Crippen molar-refractivity contribution in [1.29, 1.82) is 0 Å². The largest absolute Gasteiger partial charge is 0.308 e. The number of aryl methyl sites for hydroxylation is 2. The lowest BCUT2D eigenvalue weighted by Crippen LogP contribution is -2.28. The molecule has 8 nitrogen and oxygen atoms in total. The number of pyridine rings is 1. The van der Waals surface area contributed by atoms with Gasteiger partial charge >= 0.3 is 0 Å². The van der Waals surface area contributed by atoms with Gasteiger partial charge in [-0.3, -0.25) is 23.8 Å². The van der Waals surface area contributed by atoms with Crippen molar-refractivity contribution < 1.29 is 4.79 Å². The van der Waals surface area contributed by atoms with E-state index in [0.29, 0.717) is 23.3 Å². The Balaban J connectivity index is 1.39. The van der Waals surface area contributed by atoms with Gasteiger partial charge in [-0.25, -0.2) is 4.98 Å². The van der Waals surface area contributed by atoms with Gasteiger partial charge in [0.05, 0.1) is 17.2 Å². The molecule has 1 N–H and O–H groups in total. The van der Waals surface area contributed by atoms with E-state index in [1.54, 1.807) is 41.3 Å². The average Bonchev–Trinajstić information content (AvgIpc) is 3.17. The predicted molar refractivity (Wildman–Crippen MR) is 105 cm³/mol. The van der Waals surface area contributed by atoms with Gasteiger partial charge in [-0.1, -0.05) is 18.2 Å². The molecule has 1 amide bonds. The summed E-state index contributed by atoms with van der Waals surface area (Å²) in [5.74, 6) is 0.0991. The minimum Gasteiger partial charge on any atom is -0.308 e. The minimum absolute atomic E-state index is 0.128. The summed E-state index contributed by atoms with van der Waals surface area (Å²) in [6.45, 7) is 0.526. The van der Waals surface area contributed by atoms with Crippen molar-refractivity contribution in [2.75, 3.05) is 5.32 Å². The van der Waals surface area contributed by atoms with Crippen LogP contribution in [-0.4, -0.2) is 30.2 Å². The van der Waals surface area contributed by atoms with E-state index >= 15 is 0 Å². The van der Waals surface area contributed by atoms with Crippen molar-refractivity contribution in [3.8, 4) is 0 Å². The number of carbonyl (C=O) groups excluding carboxylic acids is 1. The third-order valence-electron chi connectivity index (χ3n) is 4.28. The SMILES string of the molecule is O=C(Cn1cnc2ccccc2c1=O)Nc1ccn(CCc2ccccn2)n1. The van der Waals surface area contributed by atoms with Gasteiger partial charge in [0.2, 0.25) is 5.91 Å². The molecule has 0 saturated heterocycles. The molecule has 4 aromatic rings. The number of anilines is 1. The Morgan fingerprint density at radius 2 is 1.89 bits per heavy atom. The molecule has 0 atom stereocenters. The van der Waals surface area contributed by atoms with Crippen LogP contribution in [0.5, 0.6) is 0 Å². The van der Waals surface area contributed by atoms with Gasteiger partial charge in [0.25, 0.3) is 5.56 Å². The summed E-state index contributed by atoms with van der Waals surface area (Å²) < 4.78 is 3.03. The third-order valence-corrected chi connectivity index (χ3v) is 4.28. The fourth-order valence-corrected chi connectivity index (χ4v) is 2.88. The number of rotatable bonds is 6. The molecule has 140 valence electrons. The molecule has 1 aromatic carbocycles. The zero-order valence-electron chi connectivity index (χ0n) is 15.0. The molecule has 4 rings (SSSR count). The molecule has 28 heavy (non-hydrogen) atoms. The Morgan fingerprint density at radius 1 is 1.04 bits per heavy atom. The molecule has 0 radical (unpaired) electrons. The van der Waals surface area contributed by atoms with Gasteiger partial charge in [0.15, 0.2) is 5.82 Å². The first-order valence-electron chi connectivity index (χ1n) is 8.86. The topological polar surface area (TPSA) is 94.7 Å². The van der Waals surface area contributed by atoms with Gasteiger partial charge < -0.3 is 5.32 Å². The zero-order valence-corrected chi connectivity index (χ0v) is 15.0. The Morgan fingerprint density at radius 3 is 2.75 bits per heavy atom. The number of hydrogen-bond donors (Lipinski definition) is 1. The molecular formula is C20H18N6O2. The Kier molecular flexibility index (Phi) is 4.92. The van der Waals surface area contributed by atoms with E-state index in [-0.39, 0.29) is 18.0 Å². The Bertz CT molecular complexity index is 1170. The van der Waals surface area contributed by atoms with Gasteiger partial charge in [-0.05, 0) is 24.3 Å². The van der Waals surface area contributed by atoms with Crippen molar-refractivity contribution >= 4 is 22.6 Å². The first kappa shape index (κ1) is 17.6. The number of aromatic nitrogens is 5. The standard InChI is InChI=1S/C20H18N6O2/c27-19(13-25-14-22-17-7-2-1-6-16(17)20(25)28)23-18-9-12-26(24-18)11-8-15-5-3-4-10-21-15/h1-7,9-10,12,14H,8,11,13H2,(H,23,24,27). The summed E-state index contributed by atoms with van der Waals surface area (Å²) >= 11 is 0. The molecule has 3 heterocycles. The first-order chi connectivity index (χ1) is 13.7. The molecule has 0 aliphatic carbocycles. The van der Waals surface area contributed by atoms with E-state index in [1.807, 2.05) is 24.3 Å². The van der Waals surface area contributed by atoms with Crippen molar-refractivity contribution in [3.63, 3.8) is 0 Å². The average molecular weight is 374 g/mol. The molecule has 3 aromatic heterocycles. The third kappa shape index (κ3) is 3.96. The molecule has 0 saturated carbocycles. The van der Waals surface area contributed by atoms with Crippen LogP contribution in [0, 0.1) is 0 Å². The second-order valence-electron chi connectivity index (χ2n) is 6.28. The molecule has 0 unspecified atom stereocenters. The molecule has 0 bridgehead atoms. The summed E-state index contributed by atoms with van der Waals surface area (Å²) in [6, 6.07) is 14.5. The summed E-state index contributed by atoms with van der Waals surface area (Å²) in [4.78, 5) is 33.3. The second kappa shape index (κ2) is 7.83. The number of fused-ring (bicyclic) bond motifs is 1. The van der Waals surface area contributed by atoms with Gasteiger partial charge in [0, 0.05) is 37.1 Å². The second-order valence-corrected chi connectivity index (χ2v) is 6.28. The fraction of sp³-hybridized carbons (Fsp3) is 0.150. The van der Waals surface area contributed by atoms with Crippen LogP contribution in [0.25, 0.3) is 10.9 Å². The number of carbonyl (C=O) groups is 1. The predicted octanol–water partition coefficient (Wildman–Crippen LogP) is 1.87. The van der Waals surface area contributed by atoms with Crippen molar-refractivity contribution in [2.24, 2.45) is 0 Å². The van der Waals surface area contributed by atoms with Crippen LogP contribution in [0.1, 0.15) is 5.69 Å². The van der Waals surface area contributed by atoms with E-state index in [9.17, 15) is 9.59 Å². The van der Waals surface area contributed by atoms with Gasteiger partial charge in [0.1, 0.15) is 6.54 Å². The van der Waals surface area contributed by atoms with Crippen LogP contribution in [0.2, 0.25) is 0 Å². The molecule has 0 fully saturated rings. The lowest BCUT2D eigenvalue weighted by atomic mass is 10.2. The Labute approximate surface area is 160 Å². The lowest BCUT2D eigenvalue weighted by Gasteiger charge is -2.06. The maximum atomic E-state index is 12.5. The van der Waals surface area contributed by atoms with Crippen LogP contribution in [0.4, 0.5) is 5.82 Å². The van der Waals surface area contributed by atoms with E-state index in [0.717, 1.165) is 12.1 Å². The van der Waals surface area contributed by atoms with E-state index in [1.165, 1.54) is 10.9 Å². The smallest absolute Gasteiger partial charge is 0.261 e. The van der Waals surface area contributed by atoms with Crippen molar-refractivity contribution in [1.82, 2.24) is 24.3 Å². The monoisotopic (exact) mass is 374 g/mol. The summed E-state index contributed by atoms with van der Waals surface area (Å²) in [7, 11) is 0. The summed E-state index contributed by atoms with van der Waals surface area (Å²) in [6.07, 6.45) is 5.68. The van der Waals surface area contributed by atoms with Gasteiger partial charge in [-0.2, -0.15) is 5.10 Å². The molecule has 0 spiro atoms. The Hall–Kier alpha value is -3.81. The number of benzene rings is 1. The number of hydrogen-bond acceptors (Lipinski definition) is 5. The highest BCUT2D eigenvalue weighted by Crippen LogP contribution is 2.06. The van der Waals surface area contributed by atoms with Crippen LogP contribution in [-0.2, 0) is 24.3 Å². The summed E-state index contributed by atoms with van der Waals surface area (Å²) in [5, 5.41) is 7.53.